The molecule has 0 fully saturated rings. The SMILES string of the molecule is O=S(=O)(Nc1ccc(CCNC[C@H](O)c2cccnc2)cc1)c1ccc(Cl)cc1. The third-order valence-electron chi connectivity index (χ3n) is 4.33. The van der Waals surface area contributed by atoms with Gasteiger partial charge in [0.1, 0.15) is 0 Å². The quantitative estimate of drug-likeness (QED) is 0.452. The Hall–Kier alpha value is -2.45. The minimum absolute atomic E-state index is 0.155. The molecule has 0 amide bonds. The van der Waals surface area contributed by atoms with E-state index in [0.717, 1.165) is 17.5 Å². The average Bonchev–Trinajstić information content (AvgIpc) is 2.73. The molecule has 0 aliphatic rings. The van der Waals surface area contributed by atoms with E-state index in [4.69, 9.17) is 11.6 Å². The van der Waals surface area contributed by atoms with Crippen molar-refractivity contribution in [2.24, 2.45) is 0 Å². The molecule has 3 N–H and O–H groups in total. The second-order valence-electron chi connectivity index (χ2n) is 6.51. The van der Waals surface area contributed by atoms with Crippen molar-refractivity contribution < 1.29 is 13.5 Å². The van der Waals surface area contributed by atoms with Crippen LogP contribution in [0, 0.1) is 0 Å². The smallest absolute Gasteiger partial charge is 0.261 e. The Kier molecular flexibility index (Phi) is 7.22. The molecule has 0 saturated heterocycles. The zero-order valence-electron chi connectivity index (χ0n) is 15.6. The van der Waals surface area contributed by atoms with Crippen LogP contribution in [0.5, 0.6) is 0 Å². The lowest BCUT2D eigenvalue weighted by atomic mass is 10.1. The molecule has 2 aromatic carbocycles. The monoisotopic (exact) mass is 431 g/mol. The van der Waals surface area contributed by atoms with Crippen molar-refractivity contribution in [2.45, 2.75) is 17.4 Å². The van der Waals surface area contributed by atoms with Crippen LogP contribution in [-0.2, 0) is 16.4 Å². The number of nitrogens with one attached hydrogen (secondary N) is 2. The van der Waals surface area contributed by atoms with E-state index >= 15 is 0 Å². The molecule has 0 radical (unpaired) electrons. The largest absolute Gasteiger partial charge is 0.387 e. The van der Waals surface area contributed by atoms with Crippen molar-refractivity contribution in [1.29, 1.82) is 0 Å². The van der Waals surface area contributed by atoms with E-state index in [0.29, 0.717) is 23.8 Å². The maximum atomic E-state index is 12.4. The molecule has 0 saturated carbocycles. The first-order chi connectivity index (χ1) is 13.9. The Labute approximate surface area is 175 Å². The average molecular weight is 432 g/mol. The van der Waals surface area contributed by atoms with Crippen molar-refractivity contribution in [3.05, 3.63) is 89.2 Å². The zero-order valence-corrected chi connectivity index (χ0v) is 17.2. The summed E-state index contributed by atoms with van der Waals surface area (Å²) in [5, 5.41) is 13.8. The van der Waals surface area contributed by atoms with Crippen molar-refractivity contribution >= 4 is 27.3 Å². The summed E-state index contributed by atoms with van der Waals surface area (Å²) in [5.74, 6) is 0. The van der Waals surface area contributed by atoms with Gasteiger partial charge in [-0.05, 0) is 61.0 Å². The highest BCUT2D eigenvalue weighted by atomic mass is 35.5. The van der Waals surface area contributed by atoms with Crippen LogP contribution >= 0.6 is 11.6 Å². The highest BCUT2D eigenvalue weighted by Crippen LogP contribution is 2.19. The number of hydrogen-bond donors (Lipinski definition) is 3. The van der Waals surface area contributed by atoms with E-state index in [1.807, 2.05) is 18.2 Å². The van der Waals surface area contributed by atoms with Crippen LogP contribution in [0.15, 0.2) is 78.0 Å². The number of hydrogen-bond acceptors (Lipinski definition) is 5. The first kappa shape index (κ1) is 21.3. The third kappa shape index (κ3) is 6.27. The van der Waals surface area contributed by atoms with E-state index < -0.39 is 16.1 Å². The Morgan fingerprint density at radius 3 is 2.41 bits per heavy atom. The summed E-state index contributed by atoms with van der Waals surface area (Å²) in [4.78, 5) is 4.15. The number of sulfonamides is 1. The summed E-state index contributed by atoms with van der Waals surface area (Å²) in [6.45, 7) is 1.12. The highest BCUT2D eigenvalue weighted by molar-refractivity contribution is 7.92. The van der Waals surface area contributed by atoms with Crippen LogP contribution in [0.4, 0.5) is 5.69 Å². The number of nitrogens with zero attached hydrogens (tertiary/aromatic N) is 1. The number of aliphatic hydroxyl groups excluding tert-OH is 1. The van der Waals surface area contributed by atoms with Gasteiger partial charge in [-0.15, -0.1) is 0 Å². The van der Waals surface area contributed by atoms with E-state index in [-0.39, 0.29) is 4.90 Å². The number of anilines is 1. The third-order valence-corrected chi connectivity index (χ3v) is 5.98. The molecule has 152 valence electrons. The van der Waals surface area contributed by atoms with Crippen LogP contribution in [0.1, 0.15) is 17.2 Å². The van der Waals surface area contributed by atoms with Crippen molar-refractivity contribution in [3.63, 3.8) is 0 Å². The number of benzene rings is 2. The molecule has 1 heterocycles. The molecule has 0 aliphatic carbocycles. The number of pyridine rings is 1. The first-order valence-corrected chi connectivity index (χ1v) is 11.0. The fourth-order valence-corrected chi connectivity index (χ4v) is 3.91. The summed E-state index contributed by atoms with van der Waals surface area (Å²) in [6, 6.07) is 16.8. The van der Waals surface area contributed by atoms with Crippen LogP contribution in [0.2, 0.25) is 5.02 Å². The Bertz CT molecular complexity index is 1010. The molecule has 29 heavy (non-hydrogen) atoms. The summed E-state index contributed by atoms with van der Waals surface area (Å²) in [5.41, 5.74) is 2.32. The van der Waals surface area contributed by atoms with Crippen LogP contribution in [-0.4, -0.2) is 31.6 Å². The van der Waals surface area contributed by atoms with Gasteiger partial charge in [0.15, 0.2) is 0 Å². The summed E-state index contributed by atoms with van der Waals surface area (Å²) in [6.07, 6.45) is 3.47. The lowest BCUT2D eigenvalue weighted by molar-refractivity contribution is 0.174. The maximum absolute atomic E-state index is 12.4. The van der Waals surface area contributed by atoms with Crippen LogP contribution in [0.3, 0.4) is 0 Å². The molecule has 0 spiro atoms. The molecule has 1 aromatic heterocycles. The molecule has 6 nitrogen and oxygen atoms in total. The molecule has 8 heteroatoms. The molecule has 0 unspecified atom stereocenters. The zero-order chi connectivity index (χ0) is 20.7. The second-order valence-corrected chi connectivity index (χ2v) is 8.63. The van der Waals surface area contributed by atoms with Crippen molar-refractivity contribution in [2.75, 3.05) is 17.8 Å². The molecule has 1 atom stereocenters. The van der Waals surface area contributed by atoms with Gasteiger partial charge in [0.05, 0.1) is 11.0 Å². The first-order valence-electron chi connectivity index (χ1n) is 9.10. The van der Waals surface area contributed by atoms with E-state index in [1.54, 1.807) is 30.6 Å². The minimum Gasteiger partial charge on any atom is -0.387 e. The van der Waals surface area contributed by atoms with Crippen molar-refractivity contribution in [3.8, 4) is 0 Å². The van der Waals surface area contributed by atoms with Gasteiger partial charge < -0.3 is 10.4 Å². The molecular weight excluding hydrogens is 410 g/mol. The number of rotatable bonds is 9. The van der Waals surface area contributed by atoms with Crippen molar-refractivity contribution in [1.82, 2.24) is 10.3 Å². The van der Waals surface area contributed by atoms with E-state index in [2.05, 4.69) is 15.0 Å². The topological polar surface area (TPSA) is 91.3 Å². The second kappa shape index (κ2) is 9.84. The summed E-state index contributed by atoms with van der Waals surface area (Å²) < 4.78 is 27.4. The number of aliphatic hydroxyl groups is 1. The van der Waals surface area contributed by atoms with E-state index in [9.17, 15) is 13.5 Å². The van der Waals surface area contributed by atoms with Gasteiger partial charge in [-0.25, -0.2) is 8.42 Å². The fourth-order valence-electron chi connectivity index (χ4n) is 2.73. The molecule has 0 aliphatic heterocycles. The number of halogens is 1. The maximum Gasteiger partial charge on any atom is 0.261 e. The Morgan fingerprint density at radius 2 is 1.76 bits per heavy atom. The Balaban J connectivity index is 1.48. The molecular formula is C21H22ClN3O3S. The summed E-state index contributed by atoms with van der Waals surface area (Å²) in [7, 11) is -3.65. The lowest BCUT2D eigenvalue weighted by Gasteiger charge is -2.12. The van der Waals surface area contributed by atoms with E-state index in [1.165, 1.54) is 24.3 Å². The predicted octanol–water partition coefficient (Wildman–Crippen LogP) is 3.40. The van der Waals surface area contributed by atoms with Gasteiger partial charge in [0.25, 0.3) is 10.0 Å². The van der Waals surface area contributed by atoms with Gasteiger partial charge >= 0.3 is 0 Å². The van der Waals surface area contributed by atoms with Gasteiger partial charge in [0, 0.05) is 35.2 Å². The molecule has 0 bridgehead atoms. The van der Waals surface area contributed by atoms with Gasteiger partial charge in [-0.2, -0.15) is 0 Å². The van der Waals surface area contributed by atoms with Gasteiger partial charge in [0.2, 0.25) is 0 Å². The predicted molar refractivity (Wildman–Crippen MR) is 114 cm³/mol. The fraction of sp³-hybridized carbons (Fsp3) is 0.190. The molecule has 3 aromatic rings. The Morgan fingerprint density at radius 1 is 1.03 bits per heavy atom. The molecule has 3 rings (SSSR count). The minimum atomic E-state index is -3.65. The van der Waals surface area contributed by atoms with Crippen LogP contribution < -0.4 is 10.0 Å². The van der Waals surface area contributed by atoms with Gasteiger partial charge in [-0.1, -0.05) is 29.8 Å². The standard InChI is InChI=1S/C21H22ClN3O3S/c22-18-5-9-20(10-6-18)29(27,28)25-19-7-3-16(4-8-19)11-13-24-15-21(26)17-2-1-12-23-14-17/h1-10,12,14,21,24-26H,11,13,15H2/t21-/m0/s1. The van der Waals surface area contributed by atoms with Crippen LogP contribution in [0.25, 0.3) is 0 Å². The lowest BCUT2D eigenvalue weighted by Crippen LogP contribution is -2.23. The highest BCUT2D eigenvalue weighted by Gasteiger charge is 2.13. The summed E-state index contributed by atoms with van der Waals surface area (Å²) >= 11 is 5.80. The normalized spacial score (nSPS) is 12.5. The van der Waals surface area contributed by atoms with Gasteiger partial charge in [-0.3, -0.25) is 9.71 Å². The number of aromatic nitrogens is 1.